The highest BCUT2D eigenvalue weighted by Gasteiger charge is 2.53. The first-order valence-corrected chi connectivity index (χ1v) is 17.0. The third-order valence-corrected chi connectivity index (χ3v) is 9.53. The zero-order valence-electron chi connectivity index (χ0n) is 28.6. The third-order valence-electron chi connectivity index (χ3n) is 9.53. The molecule has 8 nitrogen and oxygen atoms in total. The number of carbonyl (C=O) groups is 3. The molecule has 12 heteroatoms. The lowest BCUT2D eigenvalue weighted by molar-refractivity contribution is -0.144. The van der Waals surface area contributed by atoms with Gasteiger partial charge in [0.2, 0.25) is 17.7 Å². The summed E-state index contributed by atoms with van der Waals surface area (Å²) in [4.78, 5) is 42.3. The van der Waals surface area contributed by atoms with Gasteiger partial charge < -0.3 is 26.0 Å². The smallest absolute Gasteiger partial charge is 0.390 e. The van der Waals surface area contributed by atoms with Gasteiger partial charge in [-0.1, -0.05) is 80.9 Å². The SMILES string of the molecule is CC[C@H](C)[C@@]1(NC(C)=O)CCN([C@@H](CCc2ccccc2)C(=O)N[C@@H](Cc2ccccc2)C(O)CNCc2cc(F)cc(C(F)(F)F)c2)C1=O. The van der Waals surface area contributed by atoms with E-state index in [1.807, 2.05) is 74.5 Å². The Bertz CT molecular complexity index is 1590. The van der Waals surface area contributed by atoms with Crippen molar-refractivity contribution in [1.82, 2.24) is 20.9 Å². The van der Waals surface area contributed by atoms with Crippen molar-refractivity contribution in [2.24, 2.45) is 5.92 Å². The number of aliphatic hydroxyl groups is 1. The second-order valence-corrected chi connectivity index (χ2v) is 13.1. The number of halogens is 4. The Morgan fingerprint density at radius 3 is 2.22 bits per heavy atom. The van der Waals surface area contributed by atoms with Gasteiger partial charge in [0.15, 0.2) is 0 Å². The summed E-state index contributed by atoms with van der Waals surface area (Å²) in [5.41, 5.74) is -0.426. The summed E-state index contributed by atoms with van der Waals surface area (Å²) in [5.74, 6) is -2.36. The van der Waals surface area contributed by atoms with Crippen LogP contribution in [0.2, 0.25) is 0 Å². The molecule has 0 radical (unpaired) electrons. The van der Waals surface area contributed by atoms with Crippen molar-refractivity contribution in [1.29, 1.82) is 0 Å². The first-order chi connectivity index (χ1) is 23.7. The molecule has 0 bridgehead atoms. The summed E-state index contributed by atoms with van der Waals surface area (Å²) in [6.07, 6.45) is -3.97. The van der Waals surface area contributed by atoms with Gasteiger partial charge in [-0.3, -0.25) is 14.4 Å². The Morgan fingerprint density at radius 1 is 0.980 bits per heavy atom. The van der Waals surface area contributed by atoms with Crippen molar-refractivity contribution < 1.29 is 37.1 Å². The molecule has 1 fully saturated rings. The topological polar surface area (TPSA) is 111 Å². The van der Waals surface area contributed by atoms with Crippen LogP contribution in [-0.2, 0) is 39.9 Å². The Labute approximate surface area is 290 Å². The zero-order chi connectivity index (χ0) is 36.5. The van der Waals surface area contributed by atoms with Gasteiger partial charge in [-0.15, -0.1) is 0 Å². The number of hydrogen-bond acceptors (Lipinski definition) is 5. The summed E-state index contributed by atoms with van der Waals surface area (Å²) in [5, 5.41) is 20.1. The fourth-order valence-electron chi connectivity index (χ4n) is 6.65. The van der Waals surface area contributed by atoms with E-state index < -0.39 is 47.2 Å². The lowest BCUT2D eigenvalue weighted by Crippen LogP contribution is -2.60. The highest BCUT2D eigenvalue weighted by molar-refractivity contribution is 5.96. The van der Waals surface area contributed by atoms with Crippen molar-refractivity contribution in [2.75, 3.05) is 13.1 Å². The molecule has 0 aromatic heterocycles. The number of amides is 3. The Hall–Kier alpha value is -4.29. The Morgan fingerprint density at radius 2 is 1.62 bits per heavy atom. The molecule has 0 saturated carbocycles. The minimum atomic E-state index is -4.72. The van der Waals surface area contributed by atoms with Crippen molar-refractivity contribution in [3.8, 4) is 0 Å². The molecular formula is C38H46F4N4O4. The van der Waals surface area contributed by atoms with E-state index in [2.05, 4.69) is 16.0 Å². The number of hydrogen-bond donors (Lipinski definition) is 4. The zero-order valence-corrected chi connectivity index (χ0v) is 28.6. The molecule has 270 valence electrons. The van der Waals surface area contributed by atoms with E-state index in [4.69, 9.17) is 0 Å². The van der Waals surface area contributed by atoms with Gasteiger partial charge in [-0.05, 0) is 66.5 Å². The van der Waals surface area contributed by atoms with Crippen LogP contribution in [0.1, 0.15) is 62.3 Å². The van der Waals surface area contributed by atoms with Crippen molar-refractivity contribution in [2.45, 2.75) is 89.3 Å². The lowest BCUT2D eigenvalue weighted by Gasteiger charge is -2.36. The maximum absolute atomic E-state index is 14.3. The first-order valence-electron chi connectivity index (χ1n) is 17.0. The predicted molar refractivity (Wildman–Crippen MR) is 182 cm³/mol. The molecule has 1 unspecified atom stereocenters. The number of rotatable bonds is 16. The molecule has 50 heavy (non-hydrogen) atoms. The van der Waals surface area contributed by atoms with Gasteiger partial charge in [0.1, 0.15) is 17.4 Å². The number of carbonyl (C=O) groups excluding carboxylic acids is 3. The molecule has 1 aliphatic rings. The van der Waals surface area contributed by atoms with Crippen LogP contribution in [0.4, 0.5) is 17.6 Å². The number of likely N-dealkylation sites (tertiary alicyclic amines) is 1. The minimum absolute atomic E-state index is 0.0469. The second-order valence-electron chi connectivity index (χ2n) is 13.1. The normalized spacial score (nSPS) is 18.7. The van der Waals surface area contributed by atoms with E-state index in [9.17, 15) is 37.1 Å². The molecule has 5 atom stereocenters. The molecular weight excluding hydrogens is 652 g/mol. The van der Waals surface area contributed by atoms with Crippen molar-refractivity contribution >= 4 is 17.7 Å². The summed E-state index contributed by atoms with van der Waals surface area (Å²) < 4.78 is 53.7. The number of nitrogens with one attached hydrogen (secondary N) is 3. The Kier molecular flexibility index (Phi) is 13.2. The number of aryl methyl sites for hydroxylation is 1. The number of benzene rings is 3. The standard InChI is InChI=1S/C38H46F4N4O4/c1-4-25(2)37(45-26(3)47)17-18-46(36(37)50)33(16-15-27-11-7-5-8-12-27)35(49)44-32(21-28-13-9-6-10-14-28)34(48)24-43-23-29-19-30(38(40,41)42)22-31(39)20-29/h5-14,19-20,22,25,32-34,43,48H,4,15-18,21,23-24H2,1-3H3,(H,44,49)(H,45,47)/t25-,32-,33-,34?,37-/m0/s1. The van der Waals surface area contributed by atoms with E-state index in [0.717, 1.165) is 23.3 Å². The van der Waals surface area contributed by atoms with Crippen LogP contribution in [0, 0.1) is 11.7 Å². The van der Waals surface area contributed by atoms with Crippen molar-refractivity contribution in [3.63, 3.8) is 0 Å². The maximum Gasteiger partial charge on any atom is 0.416 e. The van der Waals surface area contributed by atoms with Gasteiger partial charge in [-0.25, -0.2) is 4.39 Å². The average molecular weight is 699 g/mol. The molecule has 3 aromatic carbocycles. The largest absolute Gasteiger partial charge is 0.416 e. The monoisotopic (exact) mass is 698 g/mol. The highest BCUT2D eigenvalue weighted by atomic mass is 19.4. The quantitative estimate of drug-likeness (QED) is 0.154. The second kappa shape index (κ2) is 17.1. The van der Waals surface area contributed by atoms with Crippen molar-refractivity contribution in [3.05, 3.63) is 107 Å². The number of alkyl halides is 3. The minimum Gasteiger partial charge on any atom is -0.390 e. The summed E-state index contributed by atoms with van der Waals surface area (Å²) >= 11 is 0. The van der Waals surface area contributed by atoms with Crippen LogP contribution in [-0.4, -0.2) is 64.5 Å². The number of nitrogens with zero attached hydrogens (tertiary/aromatic N) is 1. The van der Waals surface area contributed by atoms with E-state index in [1.165, 1.54) is 11.8 Å². The fraction of sp³-hybridized carbons (Fsp3) is 0.447. The summed E-state index contributed by atoms with van der Waals surface area (Å²) in [6.45, 7) is 5.17. The van der Waals surface area contributed by atoms with Crippen LogP contribution in [0.15, 0.2) is 78.9 Å². The Balaban J connectivity index is 1.57. The molecule has 1 aliphatic heterocycles. The van der Waals surface area contributed by atoms with Crippen LogP contribution in [0.5, 0.6) is 0 Å². The predicted octanol–water partition coefficient (Wildman–Crippen LogP) is 5.18. The number of aliphatic hydroxyl groups excluding tert-OH is 1. The maximum atomic E-state index is 14.3. The molecule has 3 amide bonds. The van der Waals surface area contributed by atoms with Crippen LogP contribution < -0.4 is 16.0 Å². The lowest BCUT2D eigenvalue weighted by atomic mass is 9.81. The van der Waals surface area contributed by atoms with Gasteiger partial charge in [0.05, 0.1) is 17.7 Å². The van der Waals surface area contributed by atoms with Crippen LogP contribution >= 0.6 is 0 Å². The van der Waals surface area contributed by atoms with E-state index in [-0.39, 0.29) is 55.8 Å². The van der Waals surface area contributed by atoms with Gasteiger partial charge >= 0.3 is 6.18 Å². The molecule has 1 heterocycles. The molecule has 0 aliphatic carbocycles. The molecule has 1 saturated heterocycles. The third kappa shape index (κ3) is 9.91. The summed E-state index contributed by atoms with van der Waals surface area (Å²) in [7, 11) is 0. The van der Waals surface area contributed by atoms with E-state index >= 15 is 0 Å². The molecule has 0 spiro atoms. The van der Waals surface area contributed by atoms with E-state index in [0.29, 0.717) is 25.3 Å². The van der Waals surface area contributed by atoms with Gasteiger partial charge in [-0.2, -0.15) is 13.2 Å². The van der Waals surface area contributed by atoms with Crippen LogP contribution in [0.3, 0.4) is 0 Å². The summed E-state index contributed by atoms with van der Waals surface area (Å²) in [6, 6.07) is 19.2. The molecule has 4 rings (SSSR count). The molecule has 3 aromatic rings. The van der Waals surface area contributed by atoms with Crippen LogP contribution in [0.25, 0.3) is 0 Å². The first kappa shape index (κ1) is 38.5. The average Bonchev–Trinajstić information content (AvgIpc) is 3.39. The fourth-order valence-corrected chi connectivity index (χ4v) is 6.65. The highest BCUT2D eigenvalue weighted by Crippen LogP contribution is 2.35. The van der Waals surface area contributed by atoms with E-state index in [1.54, 1.807) is 0 Å². The van der Waals surface area contributed by atoms with Gasteiger partial charge in [0, 0.05) is 26.6 Å². The molecule has 4 N–H and O–H groups in total. The van der Waals surface area contributed by atoms with Gasteiger partial charge in [0.25, 0.3) is 0 Å².